The van der Waals surface area contributed by atoms with Gasteiger partial charge >= 0.3 is 0 Å². The molecular formula is C14H19BrN2O4S. The molecule has 1 atom stereocenters. The lowest BCUT2D eigenvalue weighted by Crippen LogP contribution is -2.31. The molecule has 6 nitrogen and oxygen atoms in total. The van der Waals surface area contributed by atoms with Gasteiger partial charge in [0.25, 0.3) is 0 Å². The van der Waals surface area contributed by atoms with Crippen molar-refractivity contribution >= 4 is 43.2 Å². The molecule has 0 aliphatic carbocycles. The van der Waals surface area contributed by atoms with E-state index >= 15 is 0 Å². The highest BCUT2D eigenvalue weighted by Crippen LogP contribution is 2.27. The first-order chi connectivity index (χ1) is 10.4. The zero-order valence-electron chi connectivity index (χ0n) is 12.3. The second kappa shape index (κ2) is 7.43. The summed E-state index contributed by atoms with van der Waals surface area (Å²) >= 11 is 3.30. The van der Waals surface area contributed by atoms with Crippen molar-refractivity contribution in [2.45, 2.75) is 32.3 Å². The highest BCUT2D eigenvalue weighted by atomic mass is 79.9. The van der Waals surface area contributed by atoms with Gasteiger partial charge in [0, 0.05) is 18.0 Å². The molecule has 0 aromatic heterocycles. The van der Waals surface area contributed by atoms with Crippen LogP contribution in [0, 0.1) is 0 Å². The third-order valence-electron chi connectivity index (χ3n) is 3.24. The largest absolute Gasteiger partial charge is 0.377 e. The maximum Gasteiger partial charge on any atom is 0.235 e. The van der Waals surface area contributed by atoms with E-state index in [1.165, 1.54) is 6.92 Å². The zero-order chi connectivity index (χ0) is 16.2. The molecule has 2 rings (SSSR count). The Bertz CT molecular complexity index is 642. The number of benzene rings is 1. The van der Waals surface area contributed by atoms with Crippen molar-refractivity contribution in [3.63, 3.8) is 0 Å². The molecule has 8 heteroatoms. The molecule has 1 aromatic carbocycles. The molecule has 2 N–H and O–H groups in total. The number of hydrogen-bond acceptors (Lipinski definition) is 4. The lowest BCUT2D eigenvalue weighted by atomic mass is 10.1. The third-order valence-corrected chi connectivity index (χ3v) is 5.07. The van der Waals surface area contributed by atoms with Crippen LogP contribution in [0.4, 0.5) is 11.4 Å². The van der Waals surface area contributed by atoms with E-state index in [-0.39, 0.29) is 17.8 Å². The molecule has 122 valence electrons. The van der Waals surface area contributed by atoms with Gasteiger partial charge in [-0.3, -0.25) is 9.52 Å². The summed E-state index contributed by atoms with van der Waals surface area (Å²) in [5.41, 5.74) is 0.754. The molecule has 0 spiro atoms. The number of sulfonamides is 1. The van der Waals surface area contributed by atoms with Gasteiger partial charge in [-0.1, -0.05) is 15.9 Å². The number of nitrogens with one attached hydrogen (secondary N) is 2. The Labute approximate surface area is 138 Å². The normalized spacial score (nSPS) is 18.7. The molecule has 1 aliphatic rings. The van der Waals surface area contributed by atoms with E-state index in [4.69, 9.17) is 4.74 Å². The quantitative estimate of drug-likeness (QED) is 0.809. The minimum atomic E-state index is -3.56. The van der Waals surface area contributed by atoms with Crippen molar-refractivity contribution in [1.82, 2.24) is 0 Å². The highest BCUT2D eigenvalue weighted by molar-refractivity contribution is 9.10. The van der Waals surface area contributed by atoms with E-state index in [1.807, 2.05) is 0 Å². The Hall–Kier alpha value is -1.12. The summed E-state index contributed by atoms with van der Waals surface area (Å²) in [7, 11) is -3.56. The van der Waals surface area contributed by atoms with Gasteiger partial charge in [0.05, 0.1) is 23.2 Å². The van der Waals surface area contributed by atoms with Gasteiger partial charge in [-0.2, -0.15) is 0 Å². The number of hydrogen-bond donors (Lipinski definition) is 2. The smallest absolute Gasteiger partial charge is 0.235 e. The van der Waals surface area contributed by atoms with Gasteiger partial charge in [-0.15, -0.1) is 0 Å². The van der Waals surface area contributed by atoms with Crippen LogP contribution in [0.3, 0.4) is 0 Å². The van der Waals surface area contributed by atoms with E-state index in [0.29, 0.717) is 22.5 Å². The van der Waals surface area contributed by atoms with E-state index < -0.39 is 10.0 Å². The van der Waals surface area contributed by atoms with Crippen molar-refractivity contribution in [1.29, 1.82) is 0 Å². The minimum absolute atomic E-state index is 0.0843. The minimum Gasteiger partial charge on any atom is -0.377 e. The predicted molar refractivity (Wildman–Crippen MR) is 89.4 cm³/mol. The number of amides is 1. The number of carbonyl (C=O) groups excluding carboxylic acids is 1. The standard InChI is InChI=1S/C14H19BrN2O4S/c1-10(18)16-13-6-5-11(15)8-14(13)17-22(19,20)9-12-4-2-3-7-21-12/h5-6,8,12,17H,2-4,7,9H2,1H3,(H,16,18). The van der Waals surface area contributed by atoms with Crippen LogP contribution in [0.5, 0.6) is 0 Å². The van der Waals surface area contributed by atoms with Crippen molar-refractivity contribution in [3.8, 4) is 0 Å². The third kappa shape index (κ3) is 5.26. The van der Waals surface area contributed by atoms with Crippen LogP contribution in [-0.4, -0.2) is 32.8 Å². The molecule has 0 bridgehead atoms. The van der Waals surface area contributed by atoms with Crippen LogP contribution >= 0.6 is 15.9 Å². The fourth-order valence-electron chi connectivity index (χ4n) is 2.29. The second-order valence-electron chi connectivity index (χ2n) is 5.24. The van der Waals surface area contributed by atoms with Crippen molar-refractivity contribution < 1.29 is 17.9 Å². The SMILES string of the molecule is CC(=O)Nc1ccc(Br)cc1NS(=O)(=O)CC1CCCCO1. The molecule has 1 aliphatic heterocycles. The Morgan fingerprint density at radius 2 is 2.14 bits per heavy atom. The summed E-state index contributed by atoms with van der Waals surface area (Å²) < 4.78 is 33.3. The molecule has 1 fully saturated rings. The summed E-state index contributed by atoms with van der Waals surface area (Å²) in [4.78, 5) is 11.2. The topological polar surface area (TPSA) is 84.5 Å². The molecular weight excluding hydrogens is 372 g/mol. The molecule has 1 heterocycles. The first kappa shape index (κ1) is 17.2. The van der Waals surface area contributed by atoms with Crippen molar-refractivity contribution in [2.24, 2.45) is 0 Å². The fraction of sp³-hybridized carbons (Fsp3) is 0.500. The summed E-state index contributed by atoms with van der Waals surface area (Å²) in [6, 6.07) is 4.98. The van der Waals surface area contributed by atoms with Crippen LogP contribution < -0.4 is 10.0 Å². The van der Waals surface area contributed by atoms with Crippen molar-refractivity contribution in [3.05, 3.63) is 22.7 Å². The van der Waals surface area contributed by atoms with Crippen LogP contribution in [0.15, 0.2) is 22.7 Å². The molecule has 1 unspecified atom stereocenters. The lowest BCUT2D eigenvalue weighted by Gasteiger charge is -2.23. The zero-order valence-corrected chi connectivity index (χ0v) is 14.7. The molecule has 0 saturated carbocycles. The Morgan fingerprint density at radius 1 is 1.36 bits per heavy atom. The Balaban J connectivity index is 2.13. The second-order valence-corrected chi connectivity index (χ2v) is 7.93. The van der Waals surface area contributed by atoms with E-state index in [9.17, 15) is 13.2 Å². The van der Waals surface area contributed by atoms with Gasteiger partial charge in [-0.25, -0.2) is 8.42 Å². The maximum absolute atomic E-state index is 12.3. The van der Waals surface area contributed by atoms with Crippen LogP contribution in [0.25, 0.3) is 0 Å². The van der Waals surface area contributed by atoms with Gasteiger partial charge in [0.1, 0.15) is 0 Å². The first-order valence-corrected chi connectivity index (χ1v) is 9.49. The van der Waals surface area contributed by atoms with Crippen LogP contribution in [-0.2, 0) is 19.6 Å². The molecule has 1 amide bonds. The maximum atomic E-state index is 12.3. The monoisotopic (exact) mass is 390 g/mol. The first-order valence-electron chi connectivity index (χ1n) is 7.05. The number of ether oxygens (including phenoxy) is 1. The lowest BCUT2D eigenvalue weighted by molar-refractivity contribution is -0.114. The molecule has 22 heavy (non-hydrogen) atoms. The van der Waals surface area contributed by atoms with E-state index in [1.54, 1.807) is 18.2 Å². The summed E-state index contributed by atoms with van der Waals surface area (Å²) in [5, 5.41) is 2.61. The number of halogens is 1. The van der Waals surface area contributed by atoms with Crippen LogP contribution in [0.2, 0.25) is 0 Å². The average Bonchev–Trinajstić information content (AvgIpc) is 2.41. The van der Waals surface area contributed by atoms with Gasteiger partial charge in [0.2, 0.25) is 15.9 Å². The van der Waals surface area contributed by atoms with Gasteiger partial charge < -0.3 is 10.1 Å². The van der Waals surface area contributed by atoms with E-state index in [2.05, 4.69) is 26.0 Å². The number of carbonyl (C=O) groups is 1. The van der Waals surface area contributed by atoms with Gasteiger partial charge in [-0.05, 0) is 37.5 Å². The predicted octanol–water partition coefficient (Wildman–Crippen LogP) is 2.72. The average molecular weight is 391 g/mol. The van der Waals surface area contributed by atoms with Crippen LogP contribution in [0.1, 0.15) is 26.2 Å². The Morgan fingerprint density at radius 3 is 2.77 bits per heavy atom. The molecule has 1 aromatic rings. The summed E-state index contributed by atoms with van der Waals surface area (Å²) in [6.07, 6.45) is 2.43. The highest BCUT2D eigenvalue weighted by Gasteiger charge is 2.23. The van der Waals surface area contributed by atoms with E-state index in [0.717, 1.165) is 19.3 Å². The molecule has 0 radical (unpaired) electrons. The number of rotatable bonds is 5. The van der Waals surface area contributed by atoms with Gasteiger partial charge in [0.15, 0.2) is 0 Å². The Kier molecular flexibility index (Phi) is 5.82. The fourth-order valence-corrected chi connectivity index (χ4v) is 3.99. The molecule has 1 saturated heterocycles. The summed E-state index contributed by atoms with van der Waals surface area (Å²) in [5.74, 6) is -0.350. The summed E-state index contributed by atoms with van der Waals surface area (Å²) in [6.45, 7) is 1.98. The number of anilines is 2. The van der Waals surface area contributed by atoms with Crippen molar-refractivity contribution in [2.75, 3.05) is 22.4 Å².